The zero-order valence-corrected chi connectivity index (χ0v) is 10.8. The third kappa shape index (κ3) is 2.09. The molecule has 2 aromatic heterocycles. The Balaban J connectivity index is 0.00000108. The van der Waals surface area contributed by atoms with E-state index in [2.05, 4.69) is 40.7 Å². The van der Waals surface area contributed by atoms with Crippen LogP contribution < -0.4 is 5.73 Å². The van der Waals surface area contributed by atoms with Gasteiger partial charge < -0.3 is 10.7 Å². The number of rotatable bonds is 2. The molecule has 0 unspecified atom stereocenters. The average Bonchev–Trinajstić information content (AvgIpc) is 2.97. The Labute approximate surface area is 110 Å². The third-order valence-electron chi connectivity index (χ3n) is 2.79. The SMILES string of the molecule is Cl.NCc1c[nH]c2ccc(-c3cccs3)cc12. The monoisotopic (exact) mass is 264 g/mol. The van der Waals surface area contributed by atoms with Crippen molar-refractivity contribution in [2.45, 2.75) is 6.54 Å². The number of nitrogens with one attached hydrogen (secondary N) is 1. The summed E-state index contributed by atoms with van der Waals surface area (Å²) in [4.78, 5) is 4.53. The Morgan fingerprint density at radius 3 is 2.82 bits per heavy atom. The van der Waals surface area contributed by atoms with Gasteiger partial charge in [0.1, 0.15) is 0 Å². The first-order valence-electron chi connectivity index (χ1n) is 5.22. The smallest absolute Gasteiger partial charge is 0.0457 e. The maximum Gasteiger partial charge on any atom is 0.0457 e. The maximum absolute atomic E-state index is 5.71. The molecule has 0 saturated heterocycles. The summed E-state index contributed by atoms with van der Waals surface area (Å²) in [7, 11) is 0. The van der Waals surface area contributed by atoms with E-state index in [1.165, 1.54) is 21.4 Å². The molecule has 17 heavy (non-hydrogen) atoms. The van der Waals surface area contributed by atoms with Gasteiger partial charge in [0, 0.05) is 28.5 Å². The summed E-state index contributed by atoms with van der Waals surface area (Å²) in [6.45, 7) is 0.577. The molecular weight excluding hydrogens is 252 g/mol. The molecule has 3 aromatic rings. The van der Waals surface area contributed by atoms with Crippen LogP contribution in [-0.2, 0) is 6.54 Å². The van der Waals surface area contributed by atoms with Gasteiger partial charge in [-0.2, -0.15) is 0 Å². The number of halogens is 1. The molecule has 0 atom stereocenters. The summed E-state index contributed by atoms with van der Waals surface area (Å²) in [5, 5.41) is 3.33. The topological polar surface area (TPSA) is 41.8 Å². The number of fused-ring (bicyclic) bond motifs is 1. The Kier molecular flexibility index (Phi) is 3.52. The van der Waals surface area contributed by atoms with Gasteiger partial charge in [-0.25, -0.2) is 0 Å². The Morgan fingerprint density at radius 2 is 2.12 bits per heavy atom. The normalized spacial score (nSPS) is 10.4. The van der Waals surface area contributed by atoms with Crippen LogP contribution in [0.4, 0.5) is 0 Å². The van der Waals surface area contributed by atoms with Crippen molar-refractivity contribution in [3.63, 3.8) is 0 Å². The number of aromatic amines is 1. The second kappa shape index (κ2) is 4.92. The lowest BCUT2D eigenvalue weighted by atomic mass is 10.1. The van der Waals surface area contributed by atoms with Crippen molar-refractivity contribution in [3.8, 4) is 10.4 Å². The van der Waals surface area contributed by atoms with Crippen LogP contribution in [0.25, 0.3) is 21.3 Å². The summed E-state index contributed by atoms with van der Waals surface area (Å²) >= 11 is 1.76. The van der Waals surface area contributed by atoms with Gasteiger partial charge in [-0.1, -0.05) is 12.1 Å². The number of hydrogen-bond acceptors (Lipinski definition) is 2. The van der Waals surface area contributed by atoms with Crippen LogP contribution in [0, 0.1) is 0 Å². The van der Waals surface area contributed by atoms with E-state index < -0.39 is 0 Å². The van der Waals surface area contributed by atoms with Gasteiger partial charge in [-0.15, -0.1) is 23.7 Å². The highest BCUT2D eigenvalue weighted by molar-refractivity contribution is 7.13. The summed E-state index contributed by atoms with van der Waals surface area (Å²) < 4.78 is 0. The van der Waals surface area contributed by atoms with Gasteiger partial charge in [-0.3, -0.25) is 0 Å². The fourth-order valence-electron chi connectivity index (χ4n) is 1.94. The number of nitrogens with two attached hydrogens (primary N) is 1. The summed E-state index contributed by atoms with van der Waals surface area (Å²) in [6, 6.07) is 10.7. The van der Waals surface area contributed by atoms with Crippen LogP contribution in [0.3, 0.4) is 0 Å². The number of aromatic nitrogens is 1. The molecule has 4 heteroatoms. The van der Waals surface area contributed by atoms with Crippen molar-refractivity contribution in [1.82, 2.24) is 4.98 Å². The molecule has 0 spiro atoms. The highest BCUT2D eigenvalue weighted by atomic mass is 35.5. The van der Waals surface area contributed by atoms with Crippen molar-refractivity contribution in [1.29, 1.82) is 0 Å². The fraction of sp³-hybridized carbons (Fsp3) is 0.0769. The standard InChI is InChI=1S/C13H12N2S.ClH/c14-7-10-8-15-12-4-3-9(6-11(10)12)13-2-1-5-16-13;/h1-6,8,15H,7,14H2;1H. The van der Waals surface area contributed by atoms with E-state index >= 15 is 0 Å². The van der Waals surface area contributed by atoms with E-state index in [0.29, 0.717) is 6.54 Å². The first kappa shape index (κ1) is 12.2. The van der Waals surface area contributed by atoms with Gasteiger partial charge >= 0.3 is 0 Å². The molecule has 0 amide bonds. The lowest BCUT2D eigenvalue weighted by molar-refractivity contribution is 1.08. The maximum atomic E-state index is 5.71. The Hall–Kier alpha value is -1.29. The van der Waals surface area contributed by atoms with Gasteiger partial charge in [0.15, 0.2) is 0 Å². The van der Waals surface area contributed by atoms with Crippen LogP contribution in [0.1, 0.15) is 5.56 Å². The molecule has 2 nitrogen and oxygen atoms in total. The minimum atomic E-state index is 0. The molecule has 88 valence electrons. The van der Waals surface area contributed by atoms with Gasteiger partial charge in [-0.05, 0) is 34.7 Å². The summed E-state index contributed by atoms with van der Waals surface area (Å²) in [5.74, 6) is 0. The fourth-order valence-corrected chi connectivity index (χ4v) is 2.67. The van der Waals surface area contributed by atoms with E-state index in [1.54, 1.807) is 11.3 Å². The molecule has 2 heterocycles. The minimum absolute atomic E-state index is 0. The van der Waals surface area contributed by atoms with Crippen molar-refractivity contribution in [2.24, 2.45) is 5.73 Å². The predicted octanol–water partition coefficient (Wildman–Crippen LogP) is 3.78. The van der Waals surface area contributed by atoms with E-state index in [-0.39, 0.29) is 12.4 Å². The molecular formula is C13H13ClN2S. The third-order valence-corrected chi connectivity index (χ3v) is 3.71. The van der Waals surface area contributed by atoms with Crippen LogP contribution >= 0.6 is 23.7 Å². The zero-order chi connectivity index (χ0) is 11.0. The average molecular weight is 265 g/mol. The first-order chi connectivity index (χ1) is 7.88. The molecule has 0 aliphatic heterocycles. The predicted molar refractivity (Wildman–Crippen MR) is 76.8 cm³/mol. The Morgan fingerprint density at radius 1 is 1.24 bits per heavy atom. The highest BCUT2D eigenvalue weighted by Crippen LogP contribution is 2.29. The summed E-state index contributed by atoms with van der Waals surface area (Å²) in [5.41, 5.74) is 9.30. The van der Waals surface area contributed by atoms with Crippen LogP contribution in [-0.4, -0.2) is 4.98 Å². The molecule has 0 fully saturated rings. The lowest BCUT2D eigenvalue weighted by Crippen LogP contribution is -1.93. The quantitative estimate of drug-likeness (QED) is 0.727. The molecule has 0 bridgehead atoms. The molecule has 0 aliphatic rings. The summed E-state index contributed by atoms with van der Waals surface area (Å²) in [6.07, 6.45) is 1.99. The van der Waals surface area contributed by atoms with Crippen LogP contribution in [0.2, 0.25) is 0 Å². The molecule has 0 saturated carbocycles. The Bertz CT molecular complexity index is 613. The second-order valence-electron chi connectivity index (χ2n) is 3.76. The minimum Gasteiger partial charge on any atom is -0.361 e. The van der Waals surface area contributed by atoms with Crippen molar-refractivity contribution in [2.75, 3.05) is 0 Å². The number of hydrogen-bond donors (Lipinski definition) is 2. The van der Waals surface area contributed by atoms with Gasteiger partial charge in [0.2, 0.25) is 0 Å². The lowest BCUT2D eigenvalue weighted by Gasteiger charge is -1.99. The van der Waals surface area contributed by atoms with Gasteiger partial charge in [0.05, 0.1) is 0 Å². The number of thiophene rings is 1. The second-order valence-corrected chi connectivity index (χ2v) is 4.70. The van der Waals surface area contributed by atoms with Crippen molar-refractivity contribution >= 4 is 34.6 Å². The highest BCUT2D eigenvalue weighted by Gasteiger charge is 2.04. The molecule has 0 aliphatic carbocycles. The first-order valence-corrected chi connectivity index (χ1v) is 6.10. The van der Waals surface area contributed by atoms with E-state index in [4.69, 9.17) is 5.73 Å². The zero-order valence-electron chi connectivity index (χ0n) is 9.14. The van der Waals surface area contributed by atoms with Crippen molar-refractivity contribution < 1.29 is 0 Å². The number of benzene rings is 1. The molecule has 0 radical (unpaired) electrons. The van der Waals surface area contributed by atoms with E-state index in [9.17, 15) is 0 Å². The van der Waals surface area contributed by atoms with Gasteiger partial charge in [0.25, 0.3) is 0 Å². The van der Waals surface area contributed by atoms with Crippen LogP contribution in [0.5, 0.6) is 0 Å². The van der Waals surface area contributed by atoms with E-state index in [1.807, 2.05) is 6.20 Å². The van der Waals surface area contributed by atoms with Crippen molar-refractivity contribution in [3.05, 3.63) is 47.5 Å². The number of H-pyrrole nitrogens is 1. The largest absolute Gasteiger partial charge is 0.361 e. The molecule has 1 aromatic carbocycles. The molecule has 3 N–H and O–H groups in total. The van der Waals surface area contributed by atoms with E-state index in [0.717, 1.165) is 5.52 Å². The molecule has 3 rings (SSSR count). The van der Waals surface area contributed by atoms with Crippen LogP contribution in [0.15, 0.2) is 41.9 Å².